The van der Waals surface area contributed by atoms with Crippen LogP contribution in [0, 0.1) is 0 Å². The molecule has 3 N–H and O–H groups in total. The molecule has 1 aliphatic heterocycles. The van der Waals surface area contributed by atoms with Gasteiger partial charge < -0.3 is 15.7 Å². The molecule has 0 radical (unpaired) electrons. The number of nitrogens with two attached hydrogens (primary N) is 1. The zero-order valence-electron chi connectivity index (χ0n) is 9.75. The van der Waals surface area contributed by atoms with Gasteiger partial charge in [-0.25, -0.2) is 0 Å². The van der Waals surface area contributed by atoms with Gasteiger partial charge in [0.1, 0.15) is 6.54 Å². The topological polar surface area (TPSA) is 84.4 Å². The molecule has 1 aromatic rings. The Morgan fingerprint density at radius 1 is 1.59 bits per heavy atom. The van der Waals surface area contributed by atoms with Crippen LogP contribution in [0.1, 0.15) is 19.3 Å². The SMILES string of the molecule is Nc1cnn(CC(=O)N2CCCCC2CO)c1. The highest BCUT2D eigenvalue weighted by Crippen LogP contribution is 2.17. The smallest absolute Gasteiger partial charge is 0.244 e. The van der Waals surface area contributed by atoms with E-state index in [-0.39, 0.29) is 25.1 Å². The summed E-state index contributed by atoms with van der Waals surface area (Å²) in [6, 6.07) is -0.0378. The molecule has 94 valence electrons. The van der Waals surface area contributed by atoms with Crippen LogP contribution in [0.15, 0.2) is 12.4 Å². The summed E-state index contributed by atoms with van der Waals surface area (Å²) in [5.74, 6) is -0.00755. The van der Waals surface area contributed by atoms with Crippen molar-refractivity contribution in [3.05, 3.63) is 12.4 Å². The van der Waals surface area contributed by atoms with Crippen LogP contribution in [0.2, 0.25) is 0 Å². The van der Waals surface area contributed by atoms with Gasteiger partial charge in [0.05, 0.1) is 24.5 Å². The third-order valence-electron chi connectivity index (χ3n) is 3.11. The minimum absolute atomic E-state index is 0.00755. The Morgan fingerprint density at radius 3 is 3.06 bits per heavy atom. The lowest BCUT2D eigenvalue weighted by Gasteiger charge is -2.34. The second kappa shape index (κ2) is 5.18. The first-order chi connectivity index (χ1) is 8.20. The van der Waals surface area contributed by atoms with Crippen LogP contribution in [0.3, 0.4) is 0 Å². The molecule has 0 aromatic carbocycles. The Hall–Kier alpha value is -1.56. The third kappa shape index (κ3) is 2.76. The van der Waals surface area contributed by atoms with Gasteiger partial charge in [-0.05, 0) is 19.3 Å². The molecule has 1 atom stereocenters. The number of carbonyl (C=O) groups is 1. The summed E-state index contributed by atoms with van der Waals surface area (Å²) >= 11 is 0. The molecule has 1 unspecified atom stereocenters. The third-order valence-corrected chi connectivity index (χ3v) is 3.11. The van der Waals surface area contributed by atoms with Gasteiger partial charge in [-0.3, -0.25) is 9.48 Å². The zero-order chi connectivity index (χ0) is 12.3. The van der Waals surface area contributed by atoms with Gasteiger partial charge in [-0.1, -0.05) is 0 Å². The van der Waals surface area contributed by atoms with Crippen LogP contribution < -0.4 is 5.73 Å². The largest absolute Gasteiger partial charge is 0.396 e. The number of aliphatic hydroxyl groups excluding tert-OH is 1. The molecular weight excluding hydrogens is 220 g/mol. The lowest BCUT2D eigenvalue weighted by Crippen LogP contribution is -2.46. The Bertz CT molecular complexity index is 391. The number of aromatic nitrogens is 2. The average Bonchev–Trinajstić information content (AvgIpc) is 2.74. The van der Waals surface area contributed by atoms with E-state index < -0.39 is 0 Å². The summed E-state index contributed by atoms with van der Waals surface area (Å²) in [6.45, 7) is 0.946. The van der Waals surface area contributed by atoms with Gasteiger partial charge in [0, 0.05) is 12.7 Å². The van der Waals surface area contributed by atoms with Crippen LogP contribution >= 0.6 is 0 Å². The highest BCUT2D eigenvalue weighted by atomic mass is 16.3. The van der Waals surface area contributed by atoms with Gasteiger partial charge >= 0.3 is 0 Å². The number of hydrogen-bond donors (Lipinski definition) is 2. The lowest BCUT2D eigenvalue weighted by molar-refractivity contribution is -0.136. The van der Waals surface area contributed by atoms with E-state index in [2.05, 4.69) is 5.10 Å². The van der Waals surface area contributed by atoms with Crippen molar-refractivity contribution in [1.29, 1.82) is 0 Å². The van der Waals surface area contributed by atoms with Crippen molar-refractivity contribution >= 4 is 11.6 Å². The number of amides is 1. The van der Waals surface area contributed by atoms with E-state index in [1.165, 1.54) is 10.9 Å². The first kappa shape index (κ1) is 11.9. The number of aliphatic hydroxyl groups is 1. The Balaban J connectivity index is 1.98. The van der Waals surface area contributed by atoms with Crippen molar-refractivity contribution in [3.8, 4) is 0 Å². The Kier molecular flexibility index (Phi) is 3.63. The minimum Gasteiger partial charge on any atom is -0.396 e. The first-order valence-electron chi connectivity index (χ1n) is 5.89. The summed E-state index contributed by atoms with van der Waals surface area (Å²) < 4.78 is 1.53. The fraction of sp³-hybridized carbons (Fsp3) is 0.636. The molecule has 0 spiro atoms. The van der Waals surface area contributed by atoms with E-state index in [1.54, 1.807) is 11.1 Å². The maximum Gasteiger partial charge on any atom is 0.244 e. The van der Waals surface area contributed by atoms with Crippen molar-refractivity contribution < 1.29 is 9.90 Å². The van der Waals surface area contributed by atoms with Crippen LogP contribution in [0.25, 0.3) is 0 Å². The highest BCUT2D eigenvalue weighted by molar-refractivity contribution is 5.76. The molecule has 1 aromatic heterocycles. The molecule has 0 bridgehead atoms. The minimum atomic E-state index is -0.0378. The average molecular weight is 238 g/mol. The summed E-state index contributed by atoms with van der Waals surface area (Å²) in [4.78, 5) is 13.8. The van der Waals surface area contributed by atoms with Crippen LogP contribution in [0.4, 0.5) is 5.69 Å². The fourth-order valence-corrected chi connectivity index (χ4v) is 2.21. The maximum atomic E-state index is 12.1. The molecule has 2 heterocycles. The van der Waals surface area contributed by atoms with Crippen molar-refractivity contribution in [2.24, 2.45) is 0 Å². The number of carbonyl (C=O) groups excluding carboxylic acids is 1. The molecule has 0 saturated carbocycles. The standard InChI is InChI=1S/C11H18N4O2/c12-9-5-13-14(6-9)7-11(17)15-4-2-1-3-10(15)8-16/h5-6,10,16H,1-4,7-8,12H2. The molecule has 6 nitrogen and oxygen atoms in total. The van der Waals surface area contributed by atoms with Crippen LogP contribution in [-0.2, 0) is 11.3 Å². The number of anilines is 1. The summed E-state index contributed by atoms with van der Waals surface area (Å²) in [5, 5.41) is 13.2. The number of rotatable bonds is 3. The molecule has 17 heavy (non-hydrogen) atoms. The van der Waals surface area contributed by atoms with E-state index >= 15 is 0 Å². The quantitative estimate of drug-likeness (QED) is 0.766. The zero-order valence-corrected chi connectivity index (χ0v) is 9.75. The van der Waals surface area contributed by atoms with Crippen molar-refractivity contribution in [3.63, 3.8) is 0 Å². The Morgan fingerprint density at radius 2 is 2.41 bits per heavy atom. The molecule has 1 fully saturated rings. The molecule has 1 aliphatic rings. The Labute approximate surface area is 100 Å². The van der Waals surface area contributed by atoms with Gasteiger partial charge in [-0.2, -0.15) is 5.10 Å². The maximum absolute atomic E-state index is 12.1. The summed E-state index contributed by atoms with van der Waals surface area (Å²) in [5.41, 5.74) is 6.09. The normalized spacial score (nSPS) is 20.5. The highest BCUT2D eigenvalue weighted by Gasteiger charge is 2.25. The molecule has 0 aliphatic carbocycles. The molecule has 2 rings (SSSR count). The lowest BCUT2D eigenvalue weighted by atomic mass is 10.0. The van der Waals surface area contributed by atoms with Gasteiger partial charge in [0.15, 0.2) is 0 Å². The number of hydrogen-bond acceptors (Lipinski definition) is 4. The molecule has 1 saturated heterocycles. The van der Waals surface area contributed by atoms with E-state index in [1.807, 2.05) is 0 Å². The predicted octanol–water partition coefficient (Wildman–Crippen LogP) is -0.161. The first-order valence-corrected chi connectivity index (χ1v) is 5.89. The fourth-order valence-electron chi connectivity index (χ4n) is 2.21. The molecule has 6 heteroatoms. The van der Waals surface area contributed by atoms with Crippen LogP contribution in [-0.4, -0.2) is 44.9 Å². The second-order valence-electron chi connectivity index (χ2n) is 4.39. The van der Waals surface area contributed by atoms with Crippen molar-refractivity contribution in [2.75, 3.05) is 18.9 Å². The van der Waals surface area contributed by atoms with E-state index in [4.69, 9.17) is 5.73 Å². The van der Waals surface area contributed by atoms with Crippen molar-refractivity contribution in [1.82, 2.24) is 14.7 Å². The van der Waals surface area contributed by atoms with Gasteiger partial charge in [-0.15, -0.1) is 0 Å². The van der Waals surface area contributed by atoms with Crippen molar-refractivity contribution in [2.45, 2.75) is 31.8 Å². The summed E-state index contributed by atoms with van der Waals surface area (Å²) in [7, 11) is 0. The van der Waals surface area contributed by atoms with E-state index in [9.17, 15) is 9.90 Å². The number of likely N-dealkylation sites (tertiary alicyclic amines) is 1. The molecule has 1 amide bonds. The van der Waals surface area contributed by atoms with Crippen LogP contribution in [0.5, 0.6) is 0 Å². The van der Waals surface area contributed by atoms with E-state index in [0.717, 1.165) is 25.8 Å². The number of nitrogen functional groups attached to an aromatic ring is 1. The second-order valence-corrected chi connectivity index (χ2v) is 4.39. The van der Waals surface area contributed by atoms with E-state index in [0.29, 0.717) is 5.69 Å². The molecular formula is C11H18N4O2. The van der Waals surface area contributed by atoms with Gasteiger partial charge in [0.25, 0.3) is 0 Å². The van der Waals surface area contributed by atoms with Gasteiger partial charge in [0.2, 0.25) is 5.91 Å². The number of nitrogens with zero attached hydrogens (tertiary/aromatic N) is 3. The predicted molar refractivity (Wildman–Crippen MR) is 63.1 cm³/mol. The monoisotopic (exact) mass is 238 g/mol. The number of piperidine rings is 1. The summed E-state index contributed by atoms with van der Waals surface area (Å²) in [6.07, 6.45) is 6.11.